The number of hydrogen-bond acceptors (Lipinski definition) is 3. The molecule has 0 aromatic heterocycles. The molecule has 1 aliphatic heterocycles. The highest BCUT2D eigenvalue weighted by Crippen LogP contribution is 2.40. The number of esters is 1. The van der Waals surface area contributed by atoms with Crippen LogP contribution >= 0.6 is 0 Å². The Morgan fingerprint density at radius 3 is 2.29 bits per heavy atom. The monoisotopic (exact) mass is 253 g/mol. The third-order valence-electron chi connectivity index (χ3n) is 3.18. The molecule has 0 unspecified atom stereocenters. The summed E-state index contributed by atoms with van der Waals surface area (Å²) in [4.78, 5) is 11.7. The maximum absolute atomic E-state index is 12.4. The number of carbonyl (C=O) groups excluding carboxylic acids is 1. The normalized spacial score (nSPS) is 23.8. The summed E-state index contributed by atoms with van der Waals surface area (Å²) in [6.45, 7) is 3.51. The van der Waals surface area contributed by atoms with Gasteiger partial charge in [-0.3, -0.25) is 4.79 Å². The Kier molecular flexibility index (Phi) is 4.41. The van der Waals surface area contributed by atoms with Crippen molar-refractivity contribution in [2.45, 2.75) is 51.9 Å². The molecule has 1 atom stereocenters. The van der Waals surface area contributed by atoms with Gasteiger partial charge in [0.1, 0.15) is 6.61 Å². The number of alkyl halides is 3. The van der Waals surface area contributed by atoms with Crippen LogP contribution < -0.4 is 5.32 Å². The van der Waals surface area contributed by atoms with Crippen molar-refractivity contribution in [1.82, 2.24) is 5.32 Å². The molecule has 0 aromatic carbocycles. The molecule has 0 spiro atoms. The second-order valence-corrected chi connectivity index (χ2v) is 4.45. The molecule has 1 saturated heterocycles. The van der Waals surface area contributed by atoms with Crippen molar-refractivity contribution in [3.8, 4) is 0 Å². The van der Waals surface area contributed by atoms with E-state index in [1.165, 1.54) is 0 Å². The fourth-order valence-electron chi connectivity index (χ4n) is 2.55. The van der Waals surface area contributed by atoms with Crippen LogP contribution in [0.25, 0.3) is 0 Å². The number of hydrogen-bond donors (Lipinski definition) is 1. The Morgan fingerprint density at radius 1 is 1.35 bits per heavy atom. The van der Waals surface area contributed by atoms with Gasteiger partial charge in [-0.1, -0.05) is 26.7 Å². The molecule has 0 saturated carbocycles. The minimum absolute atomic E-state index is 0.196. The molecule has 0 aliphatic carbocycles. The van der Waals surface area contributed by atoms with Gasteiger partial charge in [0.15, 0.2) is 0 Å². The molecular formula is C11H18F3NO2. The topological polar surface area (TPSA) is 38.3 Å². The van der Waals surface area contributed by atoms with E-state index in [1.807, 2.05) is 13.8 Å². The largest absolute Gasteiger partial charge is 0.464 e. The Balaban J connectivity index is 2.90. The number of nitrogens with one attached hydrogen (secondary N) is 1. The van der Waals surface area contributed by atoms with E-state index in [9.17, 15) is 18.0 Å². The molecule has 0 radical (unpaired) electrons. The highest BCUT2D eigenvalue weighted by Gasteiger charge is 2.53. The molecule has 17 heavy (non-hydrogen) atoms. The van der Waals surface area contributed by atoms with E-state index in [2.05, 4.69) is 0 Å². The summed E-state index contributed by atoms with van der Waals surface area (Å²) in [7, 11) is 0. The second-order valence-electron chi connectivity index (χ2n) is 4.45. The number of cyclic esters (lactones) is 1. The molecule has 100 valence electrons. The molecule has 0 amide bonds. The number of halogens is 3. The fraction of sp³-hybridized carbons (Fsp3) is 0.909. The number of rotatable bonds is 5. The van der Waals surface area contributed by atoms with E-state index < -0.39 is 23.7 Å². The lowest BCUT2D eigenvalue weighted by atomic mass is 9.75. The molecule has 0 aromatic rings. The second kappa shape index (κ2) is 5.25. The van der Waals surface area contributed by atoms with Crippen molar-refractivity contribution >= 4 is 5.97 Å². The molecule has 1 aliphatic rings. The van der Waals surface area contributed by atoms with Crippen molar-refractivity contribution in [2.24, 2.45) is 5.41 Å². The summed E-state index contributed by atoms with van der Waals surface area (Å²) >= 11 is 0. The number of ether oxygens (including phenoxy) is 1. The third kappa shape index (κ3) is 3.12. The van der Waals surface area contributed by atoms with Gasteiger partial charge in [0.05, 0.1) is 11.5 Å². The van der Waals surface area contributed by atoms with Crippen LogP contribution in [0.4, 0.5) is 13.2 Å². The first-order valence-corrected chi connectivity index (χ1v) is 5.87. The predicted molar refractivity (Wildman–Crippen MR) is 56.2 cm³/mol. The van der Waals surface area contributed by atoms with Gasteiger partial charge in [-0.05, 0) is 12.8 Å². The fourth-order valence-corrected chi connectivity index (χ4v) is 2.55. The van der Waals surface area contributed by atoms with Gasteiger partial charge in [-0.2, -0.15) is 13.2 Å². The van der Waals surface area contributed by atoms with Gasteiger partial charge in [-0.15, -0.1) is 0 Å². The molecule has 3 nitrogen and oxygen atoms in total. The van der Waals surface area contributed by atoms with Crippen molar-refractivity contribution in [2.75, 3.05) is 6.61 Å². The van der Waals surface area contributed by atoms with Crippen LogP contribution in [-0.2, 0) is 9.53 Å². The molecule has 6 heteroatoms. The maximum Gasteiger partial charge on any atom is 0.457 e. The third-order valence-corrected chi connectivity index (χ3v) is 3.18. The van der Waals surface area contributed by atoms with Crippen LogP contribution in [0.1, 0.15) is 39.5 Å². The lowest BCUT2D eigenvalue weighted by Gasteiger charge is -2.31. The summed E-state index contributed by atoms with van der Waals surface area (Å²) in [6.07, 6.45) is -2.32. The zero-order valence-corrected chi connectivity index (χ0v) is 10.1. The van der Waals surface area contributed by atoms with Gasteiger partial charge < -0.3 is 4.74 Å². The summed E-state index contributed by atoms with van der Waals surface area (Å²) in [6, 6.07) is -0.963. The zero-order chi connectivity index (χ0) is 13.1. The standard InChI is InChI=1S/C11H18F3NO2/c1-3-5-10(6-4-2)8(7-17-9(10)16)15-11(12,13)14/h8,15H,3-7H2,1-2H3/t8-/m1/s1. The Bertz CT molecular complexity index is 272. The predicted octanol–water partition coefficient (Wildman–Crippen LogP) is 2.61. The smallest absolute Gasteiger partial charge is 0.457 e. The van der Waals surface area contributed by atoms with Crippen LogP contribution in [0, 0.1) is 5.41 Å². The first-order valence-electron chi connectivity index (χ1n) is 5.87. The number of carbonyl (C=O) groups is 1. The molecule has 1 N–H and O–H groups in total. The average Bonchev–Trinajstić information content (AvgIpc) is 2.46. The molecule has 0 bridgehead atoms. The van der Waals surface area contributed by atoms with E-state index in [1.54, 1.807) is 5.32 Å². The molecular weight excluding hydrogens is 235 g/mol. The van der Waals surface area contributed by atoms with E-state index in [-0.39, 0.29) is 6.61 Å². The molecule has 1 heterocycles. The first kappa shape index (κ1) is 14.3. The van der Waals surface area contributed by atoms with Gasteiger partial charge in [0, 0.05) is 0 Å². The van der Waals surface area contributed by atoms with Crippen LogP contribution in [0.3, 0.4) is 0 Å². The lowest BCUT2D eigenvalue weighted by Crippen LogP contribution is -2.51. The van der Waals surface area contributed by atoms with Gasteiger partial charge >= 0.3 is 12.3 Å². The lowest BCUT2D eigenvalue weighted by molar-refractivity contribution is -0.170. The summed E-state index contributed by atoms with van der Waals surface area (Å²) < 4.78 is 42.0. The average molecular weight is 253 g/mol. The molecule has 1 rings (SSSR count). The zero-order valence-electron chi connectivity index (χ0n) is 10.1. The quantitative estimate of drug-likeness (QED) is 0.604. The SMILES string of the molecule is CCCC1(CCC)C(=O)OC[C@H]1NC(F)(F)F. The van der Waals surface area contributed by atoms with E-state index in [0.29, 0.717) is 25.7 Å². The van der Waals surface area contributed by atoms with Crippen LogP contribution in [0.2, 0.25) is 0 Å². The Morgan fingerprint density at radius 2 is 1.88 bits per heavy atom. The van der Waals surface area contributed by atoms with Crippen LogP contribution in [0.15, 0.2) is 0 Å². The van der Waals surface area contributed by atoms with Gasteiger partial charge in [-0.25, -0.2) is 5.32 Å². The summed E-state index contributed by atoms with van der Waals surface area (Å²) in [5, 5.41) is 1.56. The summed E-state index contributed by atoms with van der Waals surface area (Å²) in [5.74, 6) is -0.497. The van der Waals surface area contributed by atoms with Crippen molar-refractivity contribution in [3.63, 3.8) is 0 Å². The molecule has 1 fully saturated rings. The Hall–Kier alpha value is -0.780. The minimum atomic E-state index is -4.48. The maximum atomic E-state index is 12.4. The van der Waals surface area contributed by atoms with E-state index in [4.69, 9.17) is 4.74 Å². The van der Waals surface area contributed by atoms with Gasteiger partial charge in [0.25, 0.3) is 0 Å². The van der Waals surface area contributed by atoms with E-state index >= 15 is 0 Å². The van der Waals surface area contributed by atoms with Crippen molar-refractivity contribution in [3.05, 3.63) is 0 Å². The summed E-state index contributed by atoms with van der Waals surface area (Å²) in [5.41, 5.74) is -1.01. The highest BCUT2D eigenvalue weighted by molar-refractivity contribution is 5.80. The minimum Gasteiger partial charge on any atom is -0.464 e. The van der Waals surface area contributed by atoms with Crippen LogP contribution in [0.5, 0.6) is 0 Å². The van der Waals surface area contributed by atoms with Crippen molar-refractivity contribution in [1.29, 1.82) is 0 Å². The van der Waals surface area contributed by atoms with E-state index in [0.717, 1.165) is 0 Å². The van der Waals surface area contributed by atoms with Crippen LogP contribution in [-0.4, -0.2) is 24.9 Å². The highest BCUT2D eigenvalue weighted by atomic mass is 19.4. The Labute approximate surface area is 98.7 Å². The van der Waals surface area contributed by atoms with Gasteiger partial charge in [0.2, 0.25) is 0 Å². The first-order chi connectivity index (χ1) is 7.85. The van der Waals surface area contributed by atoms with Crippen molar-refractivity contribution < 1.29 is 22.7 Å².